The summed E-state index contributed by atoms with van der Waals surface area (Å²) in [5.41, 5.74) is 7.34. The van der Waals surface area contributed by atoms with Crippen molar-refractivity contribution in [1.82, 2.24) is 5.32 Å². The van der Waals surface area contributed by atoms with Gasteiger partial charge in [0.1, 0.15) is 0 Å². The van der Waals surface area contributed by atoms with E-state index in [0.29, 0.717) is 5.92 Å². The summed E-state index contributed by atoms with van der Waals surface area (Å²) < 4.78 is 0. The summed E-state index contributed by atoms with van der Waals surface area (Å²) in [5.74, 6) is 0.497. The third kappa shape index (κ3) is 4.07. The molecule has 3 heteroatoms. The van der Waals surface area contributed by atoms with Gasteiger partial charge in [-0.3, -0.25) is 4.79 Å². The van der Waals surface area contributed by atoms with E-state index in [0.717, 1.165) is 5.56 Å². The number of benzene rings is 1. The molecule has 0 spiro atoms. The summed E-state index contributed by atoms with van der Waals surface area (Å²) in [6.07, 6.45) is 0. The van der Waals surface area contributed by atoms with Crippen molar-refractivity contribution in [2.45, 2.75) is 66.0 Å². The van der Waals surface area contributed by atoms with Crippen molar-refractivity contribution >= 4 is 5.91 Å². The molecular formula is C18H30N2O. The molecule has 0 radical (unpaired) electrons. The minimum atomic E-state index is -0.626. The second-order valence-corrected chi connectivity index (χ2v) is 7.36. The van der Waals surface area contributed by atoms with E-state index in [4.69, 9.17) is 5.73 Å². The van der Waals surface area contributed by atoms with Crippen molar-refractivity contribution in [2.75, 3.05) is 0 Å². The molecule has 0 bridgehead atoms. The van der Waals surface area contributed by atoms with Gasteiger partial charge in [-0.2, -0.15) is 0 Å². The van der Waals surface area contributed by atoms with Gasteiger partial charge < -0.3 is 11.1 Å². The Labute approximate surface area is 129 Å². The lowest BCUT2D eigenvalue weighted by Gasteiger charge is -2.37. The molecule has 1 amide bonds. The van der Waals surface area contributed by atoms with Gasteiger partial charge in [-0.05, 0) is 51.7 Å². The first kappa shape index (κ1) is 17.7. The molecule has 118 valence electrons. The van der Waals surface area contributed by atoms with Crippen molar-refractivity contribution in [3.63, 3.8) is 0 Å². The quantitative estimate of drug-likeness (QED) is 0.867. The molecule has 0 saturated carbocycles. The average molecular weight is 290 g/mol. The minimum absolute atomic E-state index is 0.0181. The Kier molecular flexibility index (Phi) is 5.21. The summed E-state index contributed by atoms with van der Waals surface area (Å²) in [5, 5.41) is 3.07. The van der Waals surface area contributed by atoms with E-state index in [1.54, 1.807) is 0 Å². The average Bonchev–Trinajstić information content (AvgIpc) is 2.37. The van der Waals surface area contributed by atoms with Gasteiger partial charge in [0.05, 0.1) is 11.5 Å². The first-order valence-corrected chi connectivity index (χ1v) is 7.66. The molecule has 0 fully saturated rings. The maximum absolute atomic E-state index is 12.5. The van der Waals surface area contributed by atoms with Gasteiger partial charge in [-0.25, -0.2) is 0 Å². The Balaban J connectivity index is 2.81. The van der Waals surface area contributed by atoms with Gasteiger partial charge in [0.2, 0.25) is 5.91 Å². The molecule has 1 aromatic rings. The molecule has 0 aromatic heterocycles. The molecule has 0 heterocycles. The molecule has 0 aliphatic heterocycles. The topological polar surface area (TPSA) is 55.1 Å². The van der Waals surface area contributed by atoms with Crippen LogP contribution in [0.5, 0.6) is 0 Å². The van der Waals surface area contributed by atoms with Crippen LogP contribution in [0.25, 0.3) is 0 Å². The van der Waals surface area contributed by atoms with Crippen LogP contribution in [0, 0.1) is 5.41 Å². The third-order valence-electron chi connectivity index (χ3n) is 4.63. The molecular weight excluding hydrogens is 260 g/mol. The predicted octanol–water partition coefficient (Wildman–Crippen LogP) is 3.75. The van der Waals surface area contributed by atoms with Gasteiger partial charge in [0.25, 0.3) is 0 Å². The van der Waals surface area contributed by atoms with Gasteiger partial charge in [-0.1, -0.05) is 38.1 Å². The molecule has 0 saturated heterocycles. The van der Waals surface area contributed by atoms with Crippen LogP contribution in [0.3, 0.4) is 0 Å². The number of nitrogens with two attached hydrogens (primary N) is 1. The molecule has 1 unspecified atom stereocenters. The third-order valence-corrected chi connectivity index (χ3v) is 4.63. The van der Waals surface area contributed by atoms with Crippen LogP contribution in [0.15, 0.2) is 24.3 Å². The van der Waals surface area contributed by atoms with Crippen molar-refractivity contribution in [1.29, 1.82) is 0 Å². The maximum atomic E-state index is 12.5. The summed E-state index contributed by atoms with van der Waals surface area (Å²) in [4.78, 5) is 12.5. The Hall–Kier alpha value is -1.35. The van der Waals surface area contributed by atoms with Crippen LogP contribution >= 0.6 is 0 Å². The molecule has 0 aliphatic carbocycles. The van der Waals surface area contributed by atoms with Crippen LogP contribution in [0.1, 0.15) is 71.6 Å². The number of nitrogens with one attached hydrogen (secondary N) is 1. The number of carbonyl (C=O) groups is 1. The number of amides is 1. The van der Waals surface area contributed by atoms with E-state index < -0.39 is 11.0 Å². The zero-order chi connectivity index (χ0) is 16.4. The van der Waals surface area contributed by atoms with Crippen LogP contribution in [0.2, 0.25) is 0 Å². The summed E-state index contributed by atoms with van der Waals surface area (Å²) in [7, 11) is 0. The molecule has 1 aromatic carbocycles. The van der Waals surface area contributed by atoms with Crippen molar-refractivity contribution in [3.05, 3.63) is 35.4 Å². The SMILES string of the molecule is CC(C)c1ccc(C(C)NC(=O)C(C)(C)C(C)(C)N)cc1. The van der Waals surface area contributed by atoms with Gasteiger partial charge in [-0.15, -0.1) is 0 Å². The van der Waals surface area contributed by atoms with E-state index in [1.165, 1.54) is 5.56 Å². The number of rotatable bonds is 5. The zero-order valence-corrected chi connectivity index (χ0v) is 14.4. The van der Waals surface area contributed by atoms with E-state index in [9.17, 15) is 4.79 Å². The van der Waals surface area contributed by atoms with Crippen LogP contribution < -0.4 is 11.1 Å². The maximum Gasteiger partial charge on any atom is 0.227 e. The number of hydrogen-bond donors (Lipinski definition) is 2. The highest BCUT2D eigenvalue weighted by atomic mass is 16.2. The Morgan fingerprint density at radius 1 is 1.00 bits per heavy atom. The molecule has 21 heavy (non-hydrogen) atoms. The highest BCUT2D eigenvalue weighted by Crippen LogP contribution is 2.29. The second kappa shape index (κ2) is 6.18. The van der Waals surface area contributed by atoms with E-state index >= 15 is 0 Å². The highest BCUT2D eigenvalue weighted by molar-refractivity contribution is 5.83. The van der Waals surface area contributed by atoms with Crippen molar-refractivity contribution in [3.8, 4) is 0 Å². The number of hydrogen-bond acceptors (Lipinski definition) is 2. The van der Waals surface area contributed by atoms with Crippen LogP contribution in [-0.2, 0) is 4.79 Å². The number of carbonyl (C=O) groups excluding carboxylic acids is 1. The molecule has 1 atom stereocenters. The first-order valence-electron chi connectivity index (χ1n) is 7.66. The Bertz CT molecular complexity index is 481. The predicted molar refractivity (Wildman–Crippen MR) is 89.1 cm³/mol. The van der Waals surface area contributed by atoms with Crippen LogP contribution in [0.4, 0.5) is 0 Å². The van der Waals surface area contributed by atoms with Gasteiger partial charge >= 0.3 is 0 Å². The van der Waals surface area contributed by atoms with Gasteiger partial charge in [0, 0.05) is 5.54 Å². The summed E-state index contributed by atoms with van der Waals surface area (Å²) in [6.45, 7) is 13.9. The fraction of sp³-hybridized carbons (Fsp3) is 0.611. The van der Waals surface area contributed by atoms with Crippen molar-refractivity contribution in [2.24, 2.45) is 11.1 Å². The van der Waals surface area contributed by atoms with Crippen LogP contribution in [-0.4, -0.2) is 11.4 Å². The summed E-state index contributed by atoms with van der Waals surface area (Å²) in [6, 6.07) is 8.39. The fourth-order valence-corrected chi connectivity index (χ4v) is 1.92. The molecule has 1 rings (SSSR count). The molecule has 3 N–H and O–H groups in total. The van der Waals surface area contributed by atoms with Crippen molar-refractivity contribution < 1.29 is 4.79 Å². The van der Waals surface area contributed by atoms with E-state index in [1.807, 2.05) is 34.6 Å². The molecule has 0 aliphatic rings. The van der Waals surface area contributed by atoms with E-state index in [-0.39, 0.29) is 11.9 Å². The smallest absolute Gasteiger partial charge is 0.227 e. The lowest BCUT2D eigenvalue weighted by Crippen LogP contribution is -2.55. The fourth-order valence-electron chi connectivity index (χ4n) is 1.92. The lowest BCUT2D eigenvalue weighted by atomic mass is 9.74. The highest BCUT2D eigenvalue weighted by Gasteiger charge is 2.40. The normalized spacial score (nSPS) is 14.1. The molecule has 3 nitrogen and oxygen atoms in total. The summed E-state index contributed by atoms with van der Waals surface area (Å²) >= 11 is 0. The first-order chi connectivity index (χ1) is 9.46. The standard InChI is InChI=1S/C18H30N2O/c1-12(2)14-8-10-15(11-9-14)13(3)20-16(21)17(4,5)18(6,7)19/h8-13H,19H2,1-7H3,(H,20,21). The lowest BCUT2D eigenvalue weighted by molar-refractivity contribution is -0.132. The monoisotopic (exact) mass is 290 g/mol. The second-order valence-electron chi connectivity index (χ2n) is 7.36. The Morgan fingerprint density at radius 3 is 1.81 bits per heavy atom. The Morgan fingerprint density at radius 2 is 1.43 bits per heavy atom. The minimum Gasteiger partial charge on any atom is -0.349 e. The largest absolute Gasteiger partial charge is 0.349 e. The van der Waals surface area contributed by atoms with Gasteiger partial charge in [0.15, 0.2) is 0 Å². The van der Waals surface area contributed by atoms with E-state index in [2.05, 4.69) is 43.4 Å². The zero-order valence-electron chi connectivity index (χ0n) is 14.4.